The quantitative estimate of drug-likeness (QED) is 0.538. The lowest BCUT2D eigenvalue weighted by Crippen LogP contribution is -2.48. The highest BCUT2D eigenvalue weighted by atomic mass is 16.2. The molecule has 2 amide bonds. The SMILES string of the molecule is O=C(N[C@@H](C(=O)NCCc1ccccc1)C1CC1)c1c[nH]c2ncc(C3CC3)nc12. The Labute approximate surface area is 174 Å². The molecule has 0 spiro atoms. The second kappa shape index (κ2) is 7.89. The third-order valence-corrected chi connectivity index (χ3v) is 5.86. The largest absolute Gasteiger partial charge is 0.354 e. The molecule has 7 heteroatoms. The van der Waals surface area contributed by atoms with Crippen molar-refractivity contribution in [2.75, 3.05) is 6.54 Å². The van der Waals surface area contributed by atoms with Crippen LogP contribution in [0.4, 0.5) is 0 Å². The lowest BCUT2D eigenvalue weighted by atomic mass is 10.1. The van der Waals surface area contributed by atoms with Gasteiger partial charge in [0.1, 0.15) is 11.6 Å². The number of hydrogen-bond donors (Lipinski definition) is 3. The monoisotopic (exact) mass is 403 g/mol. The van der Waals surface area contributed by atoms with Gasteiger partial charge in [-0.05, 0) is 43.6 Å². The van der Waals surface area contributed by atoms with Crippen molar-refractivity contribution >= 4 is 23.0 Å². The Morgan fingerprint density at radius 1 is 1.13 bits per heavy atom. The number of benzene rings is 1. The molecule has 0 aliphatic heterocycles. The number of aromatic amines is 1. The van der Waals surface area contributed by atoms with Crippen LogP contribution in [0.5, 0.6) is 0 Å². The maximum atomic E-state index is 13.0. The number of hydrogen-bond acceptors (Lipinski definition) is 4. The lowest BCUT2D eigenvalue weighted by Gasteiger charge is -2.18. The van der Waals surface area contributed by atoms with Crippen LogP contribution in [0.25, 0.3) is 11.2 Å². The van der Waals surface area contributed by atoms with Gasteiger partial charge in [0.15, 0.2) is 5.65 Å². The van der Waals surface area contributed by atoms with Crippen LogP contribution in [-0.4, -0.2) is 39.4 Å². The van der Waals surface area contributed by atoms with Crippen LogP contribution < -0.4 is 10.6 Å². The van der Waals surface area contributed by atoms with Crippen molar-refractivity contribution in [2.24, 2.45) is 5.92 Å². The summed E-state index contributed by atoms with van der Waals surface area (Å²) in [5, 5.41) is 5.93. The molecule has 1 aromatic carbocycles. The summed E-state index contributed by atoms with van der Waals surface area (Å²) in [6.45, 7) is 0.547. The van der Waals surface area contributed by atoms with Gasteiger partial charge in [-0.15, -0.1) is 0 Å². The fraction of sp³-hybridized carbons (Fsp3) is 0.391. The zero-order chi connectivity index (χ0) is 20.5. The van der Waals surface area contributed by atoms with Gasteiger partial charge in [-0.25, -0.2) is 9.97 Å². The van der Waals surface area contributed by atoms with E-state index in [0.29, 0.717) is 29.2 Å². The molecule has 1 atom stereocenters. The van der Waals surface area contributed by atoms with Gasteiger partial charge in [-0.1, -0.05) is 30.3 Å². The number of aromatic nitrogens is 3. The van der Waals surface area contributed by atoms with Crippen LogP contribution >= 0.6 is 0 Å². The van der Waals surface area contributed by atoms with E-state index in [2.05, 4.69) is 25.6 Å². The number of nitrogens with zero attached hydrogens (tertiary/aromatic N) is 2. The molecule has 3 aromatic rings. The van der Waals surface area contributed by atoms with Gasteiger partial charge >= 0.3 is 0 Å². The number of carbonyl (C=O) groups excluding carboxylic acids is 2. The summed E-state index contributed by atoms with van der Waals surface area (Å²) in [6, 6.07) is 9.52. The molecule has 7 nitrogen and oxygen atoms in total. The van der Waals surface area contributed by atoms with Crippen molar-refractivity contribution in [3.63, 3.8) is 0 Å². The zero-order valence-electron chi connectivity index (χ0n) is 16.7. The molecule has 0 saturated heterocycles. The molecule has 2 aliphatic carbocycles. The first-order valence-electron chi connectivity index (χ1n) is 10.7. The summed E-state index contributed by atoms with van der Waals surface area (Å²) in [7, 11) is 0. The Morgan fingerprint density at radius 3 is 2.67 bits per heavy atom. The molecule has 2 aromatic heterocycles. The molecule has 5 rings (SSSR count). The van der Waals surface area contributed by atoms with Gasteiger partial charge in [-0.2, -0.15) is 0 Å². The minimum atomic E-state index is -0.516. The molecule has 2 heterocycles. The Kier molecular flexibility index (Phi) is 4.94. The normalized spacial score (nSPS) is 16.9. The van der Waals surface area contributed by atoms with E-state index in [4.69, 9.17) is 0 Å². The van der Waals surface area contributed by atoms with Crippen LogP contribution in [0.1, 0.15) is 53.2 Å². The zero-order valence-corrected chi connectivity index (χ0v) is 16.7. The third-order valence-electron chi connectivity index (χ3n) is 5.86. The highest BCUT2D eigenvalue weighted by Gasteiger charge is 2.37. The van der Waals surface area contributed by atoms with E-state index in [1.54, 1.807) is 12.4 Å². The Balaban J connectivity index is 1.25. The van der Waals surface area contributed by atoms with Crippen LogP contribution in [-0.2, 0) is 11.2 Å². The fourth-order valence-corrected chi connectivity index (χ4v) is 3.78. The summed E-state index contributed by atoms with van der Waals surface area (Å²) >= 11 is 0. The highest BCUT2D eigenvalue weighted by molar-refractivity contribution is 6.06. The van der Waals surface area contributed by atoms with Gasteiger partial charge in [0.25, 0.3) is 5.91 Å². The minimum Gasteiger partial charge on any atom is -0.354 e. The average Bonchev–Trinajstić information content (AvgIpc) is 3.69. The van der Waals surface area contributed by atoms with Crippen molar-refractivity contribution < 1.29 is 9.59 Å². The highest BCUT2D eigenvalue weighted by Crippen LogP contribution is 2.39. The summed E-state index contributed by atoms with van der Waals surface area (Å²) in [5.74, 6) is 0.260. The first-order valence-corrected chi connectivity index (χ1v) is 10.7. The summed E-state index contributed by atoms with van der Waals surface area (Å²) < 4.78 is 0. The first-order chi connectivity index (χ1) is 14.7. The van der Waals surface area contributed by atoms with Crippen molar-refractivity contribution in [3.05, 3.63) is 59.5 Å². The van der Waals surface area contributed by atoms with E-state index in [1.165, 1.54) is 5.56 Å². The fourth-order valence-electron chi connectivity index (χ4n) is 3.78. The summed E-state index contributed by atoms with van der Waals surface area (Å²) in [4.78, 5) is 37.8. The predicted octanol–water partition coefficient (Wildman–Crippen LogP) is 2.70. The first kappa shape index (κ1) is 18.8. The van der Waals surface area contributed by atoms with E-state index in [0.717, 1.165) is 37.8 Å². The number of carbonyl (C=O) groups is 2. The van der Waals surface area contributed by atoms with E-state index in [9.17, 15) is 9.59 Å². The van der Waals surface area contributed by atoms with E-state index >= 15 is 0 Å². The van der Waals surface area contributed by atoms with Crippen molar-refractivity contribution in [1.29, 1.82) is 0 Å². The molecule has 2 fully saturated rings. The second-order valence-corrected chi connectivity index (χ2v) is 8.28. The van der Waals surface area contributed by atoms with Crippen LogP contribution in [0, 0.1) is 5.92 Å². The summed E-state index contributed by atoms with van der Waals surface area (Å²) in [6.07, 6.45) is 8.34. The molecular formula is C23H25N5O2. The Bertz CT molecular complexity index is 1070. The molecule has 30 heavy (non-hydrogen) atoms. The van der Waals surface area contributed by atoms with Gasteiger partial charge in [0, 0.05) is 18.7 Å². The number of nitrogens with one attached hydrogen (secondary N) is 3. The van der Waals surface area contributed by atoms with Gasteiger partial charge in [0.2, 0.25) is 5.91 Å². The lowest BCUT2D eigenvalue weighted by molar-refractivity contribution is -0.123. The maximum absolute atomic E-state index is 13.0. The molecule has 2 saturated carbocycles. The van der Waals surface area contributed by atoms with Crippen LogP contribution in [0.15, 0.2) is 42.7 Å². The molecule has 0 radical (unpaired) electrons. The van der Waals surface area contributed by atoms with Crippen LogP contribution in [0.3, 0.4) is 0 Å². The van der Waals surface area contributed by atoms with E-state index in [1.807, 2.05) is 30.3 Å². The second-order valence-electron chi connectivity index (χ2n) is 8.28. The Morgan fingerprint density at radius 2 is 1.93 bits per heavy atom. The molecule has 2 aliphatic rings. The number of fused-ring (bicyclic) bond motifs is 1. The van der Waals surface area contributed by atoms with Crippen LogP contribution in [0.2, 0.25) is 0 Å². The van der Waals surface area contributed by atoms with E-state index < -0.39 is 6.04 Å². The van der Waals surface area contributed by atoms with E-state index in [-0.39, 0.29) is 17.7 Å². The molecule has 0 unspecified atom stereocenters. The van der Waals surface area contributed by atoms with Crippen molar-refractivity contribution in [3.8, 4) is 0 Å². The van der Waals surface area contributed by atoms with Gasteiger partial charge < -0.3 is 15.6 Å². The summed E-state index contributed by atoms with van der Waals surface area (Å²) in [5.41, 5.74) is 3.74. The standard InChI is InChI=1S/C23H25N5O2/c29-22(17-12-25-21-20(17)27-18(13-26-21)15-6-7-15)28-19(16-8-9-16)23(30)24-11-10-14-4-2-1-3-5-14/h1-5,12-13,15-16,19H,6-11H2,(H,24,30)(H,25,26)(H,28,29)/t19-/m1/s1. The minimum absolute atomic E-state index is 0.119. The predicted molar refractivity (Wildman–Crippen MR) is 113 cm³/mol. The number of H-pyrrole nitrogens is 1. The molecule has 3 N–H and O–H groups in total. The van der Waals surface area contributed by atoms with Gasteiger partial charge in [0.05, 0.1) is 17.5 Å². The number of rotatable bonds is 8. The smallest absolute Gasteiger partial charge is 0.255 e. The van der Waals surface area contributed by atoms with Crippen molar-refractivity contribution in [1.82, 2.24) is 25.6 Å². The molecular weight excluding hydrogens is 378 g/mol. The average molecular weight is 403 g/mol. The van der Waals surface area contributed by atoms with Crippen molar-refractivity contribution in [2.45, 2.75) is 44.1 Å². The molecule has 0 bridgehead atoms. The number of amides is 2. The maximum Gasteiger partial charge on any atom is 0.255 e. The third kappa shape index (κ3) is 4.06. The topological polar surface area (TPSA) is 99.8 Å². The molecule has 154 valence electrons. The van der Waals surface area contributed by atoms with Gasteiger partial charge in [-0.3, -0.25) is 9.59 Å². The Hall–Kier alpha value is -3.22.